The highest BCUT2D eigenvalue weighted by Gasteiger charge is 2.26. The summed E-state index contributed by atoms with van der Waals surface area (Å²) in [7, 11) is 0. The molecule has 1 atom stereocenters. The zero-order valence-corrected chi connectivity index (χ0v) is 13.3. The van der Waals surface area contributed by atoms with Gasteiger partial charge in [0.2, 0.25) is 17.8 Å². The number of anilines is 1. The normalized spacial score (nSPS) is 19.7. The van der Waals surface area contributed by atoms with Crippen molar-refractivity contribution in [3.05, 3.63) is 29.3 Å². The summed E-state index contributed by atoms with van der Waals surface area (Å²) in [4.78, 5) is 28.0. The fraction of sp³-hybridized carbons (Fsp3) is 0.412. The third kappa shape index (κ3) is 2.89. The van der Waals surface area contributed by atoms with Crippen LogP contribution in [0.4, 0.5) is 5.95 Å². The van der Waals surface area contributed by atoms with Crippen molar-refractivity contribution in [2.45, 2.75) is 32.1 Å². The van der Waals surface area contributed by atoms with Crippen LogP contribution in [0.15, 0.2) is 18.2 Å². The average molecular weight is 325 g/mol. The summed E-state index contributed by atoms with van der Waals surface area (Å²) in [5, 5.41) is 12.4. The van der Waals surface area contributed by atoms with Crippen LogP contribution in [0.3, 0.4) is 0 Å². The maximum atomic E-state index is 12.2. The summed E-state index contributed by atoms with van der Waals surface area (Å²) >= 11 is 0. The number of amides is 2. The van der Waals surface area contributed by atoms with Gasteiger partial charge in [-0.15, -0.1) is 5.10 Å². The van der Waals surface area contributed by atoms with Crippen molar-refractivity contribution in [1.82, 2.24) is 20.5 Å². The lowest BCUT2D eigenvalue weighted by atomic mass is 9.97. The molecule has 3 N–H and O–H groups in total. The van der Waals surface area contributed by atoms with Crippen LogP contribution in [-0.2, 0) is 22.4 Å². The molecule has 1 fully saturated rings. The van der Waals surface area contributed by atoms with Crippen LogP contribution < -0.4 is 10.6 Å². The van der Waals surface area contributed by atoms with Gasteiger partial charge in [-0.25, -0.2) is 0 Å². The van der Waals surface area contributed by atoms with Crippen molar-refractivity contribution < 1.29 is 9.59 Å². The molecule has 4 rings (SSSR count). The highest BCUT2D eigenvalue weighted by atomic mass is 16.2. The molecule has 7 nitrogen and oxygen atoms in total. The van der Waals surface area contributed by atoms with Gasteiger partial charge in [0.05, 0.1) is 0 Å². The molecular formula is C17H19N5O2. The number of aryl methyl sites for hydroxylation is 2. The average Bonchev–Trinajstić information content (AvgIpc) is 3.23. The Kier molecular flexibility index (Phi) is 3.76. The summed E-state index contributed by atoms with van der Waals surface area (Å²) in [5.41, 5.74) is 3.74. The number of nitrogens with one attached hydrogen (secondary N) is 3. The standard InChI is InChI=1S/C17H19N5O2/c23-14-9-13(6-7-18-14)16(24)20-17-19-15(21-22-17)12-5-4-10-2-1-3-11(10)8-12/h4-5,8,13H,1-3,6-7,9H2,(H,18,23)(H2,19,20,21,22,24)/t13-/m0/s1. The van der Waals surface area contributed by atoms with Crippen LogP contribution in [0.1, 0.15) is 30.4 Å². The maximum Gasteiger partial charge on any atom is 0.249 e. The van der Waals surface area contributed by atoms with E-state index in [4.69, 9.17) is 0 Å². The van der Waals surface area contributed by atoms with Crippen molar-refractivity contribution >= 4 is 17.8 Å². The van der Waals surface area contributed by atoms with Crippen molar-refractivity contribution in [3.63, 3.8) is 0 Å². The van der Waals surface area contributed by atoms with E-state index in [0.717, 1.165) is 18.4 Å². The first-order valence-electron chi connectivity index (χ1n) is 8.31. The number of benzene rings is 1. The van der Waals surface area contributed by atoms with Crippen molar-refractivity contribution in [1.29, 1.82) is 0 Å². The second-order valence-electron chi connectivity index (χ2n) is 6.37. The number of carbonyl (C=O) groups excluding carboxylic acids is 2. The quantitative estimate of drug-likeness (QED) is 0.794. The van der Waals surface area contributed by atoms with Gasteiger partial charge in [0.15, 0.2) is 5.82 Å². The molecule has 0 spiro atoms. The van der Waals surface area contributed by atoms with Crippen LogP contribution in [-0.4, -0.2) is 33.5 Å². The Morgan fingerprint density at radius 2 is 2.12 bits per heavy atom. The Bertz CT molecular complexity index is 798. The molecular weight excluding hydrogens is 306 g/mol. The lowest BCUT2D eigenvalue weighted by molar-refractivity contribution is -0.129. The predicted octanol–water partition coefficient (Wildman–Crippen LogP) is 1.43. The molecule has 0 unspecified atom stereocenters. The first kappa shape index (κ1) is 14.9. The monoisotopic (exact) mass is 325 g/mol. The fourth-order valence-electron chi connectivity index (χ4n) is 3.39. The Balaban J connectivity index is 1.46. The van der Waals surface area contributed by atoms with E-state index < -0.39 is 0 Å². The van der Waals surface area contributed by atoms with E-state index in [1.54, 1.807) is 0 Å². The number of aromatic nitrogens is 3. The van der Waals surface area contributed by atoms with E-state index in [1.165, 1.54) is 17.5 Å². The van der Waals surface area contributed by atoms with E-state index in [2.05, 4.69) is 37.9 Å². The van der Waals surface area contributed by atoms with Crippen molar-refractivity contribution in [3.8, 4) is 11.4 Å². The first-order valence-corrected chi connectivity index (χ1v) is 8.31. The van der Waals surface area contributed by atoms with Crippen LogP contribution >= 0.6 is 0 Å². The largest absolute Gasteiger partial charge is 0.356 e. The van der Waals surface area contributed by atoms with E-state index in [-0.39, 0.29) is 30.1 Å². The number of fused-ring (bicyclic) bond motifs is 1. The van der Waals surface area contributed by atoms with Gasteiger partial charge in [-0.2, -0.15) is 4.98 Å². The van der Waals surface area contributed by atoms with Gasteiger partial charge in [0.25, 0.3) is 0 Å². The second-order valence-corrected chi connectivity index (χ2v) is 6.37. The van der Waals surface area contributed by atoms with Gasteiger partial charge in [-0.05, 0) is 42.9 Å². The van der Waals surface area contributed by atoms with E-state index in [1.807, 2.05) is 6.07 Å². The molecule has 0 bridgehead atoms. The predicted molar refractivity (Wildman–Crippen MR) is 88.2 cm³/mol. The fourth-order valence-corrected chi connectivity index (χ4v) is 3.39. The van der Waals surface area contributed by atoms with E-state index >= 15 is 0 Å². The summed E-state index contributed by atoms with van der Waals surface area (Å²) in [6, 6.07) is 6.31. The molecule has 2 heterocycles. The van der Waals surface area contributed by atoms with Gasteiger partial charge in [-0.1, -0.05) is 12.1 Å². The topological polar surface area (TPSA) is 99.8 Å². The zero-order chi connectivity index (χ0) is 16.5. The summed E-state index contributed by atoms with van der Waals surface area (Å²) < 4.78 is 0. The lowest BCUT2D eigenvalue weighted by Gasteiger charge is -2.20. The number of H-pyrrole nitrogens is 1. The molecule has 1 aromatic carbocycles. The Labute approximate surface area is 139 Å². The highest BCUT2D eigenvalue weighted by Crippen LogP contribution is 2.26. The molecule has 124 valence electrons. The lowest BCUT2D eigenvalue weighted by Crippen LogP contribution is -2.38. The Hall–Kier alpha value is -2.70. The molecule has 1 aliphatic carbocycles. The summed E-state index contributed by atoms with van der Waals surface area (Å²) in [6.45, 7) is 0.533. The third-order valence-electron chi connectivity index (χ3n) is 4.71. The zero-order valence-electron chi connectivity index (χ0n) is 13.3. The molecule has 1 saturated heterocycles. The molecule has 0 saturated carbocycles. The maximum absolute atomic E-state index is 12.2. The highest BCUT2D eigenvalue weighted by molar-refractivity contribution is 5.94. The van der Waals surface area contributed by atoms with Gasteiger partial charge in [0, 0.05) is 24.4 Å². The minimum Gasteiger partial charge on any atom is -0.356 e. The van der Waals surface area contributed by atoms with Gasteiger partial charge < -0.3 is 5.32 Å². The van der Waals surface area contributed by atoms with Crippen LogP contribution in [0.5, 0.6) is 0 Å². The van der Waals surface area contributed by atoms with Gasteiger partial charge in [0.1, 0.15) is 0 Å². The summed E-state index contributed by atoms with van der Waals surface area (Å²) in [5.74, 6) is 0.281. The minimum atomic E-state index is -0.319. The SMILES string of the molecule is O=C1C[C@@H](C(=O)Nc2n[nH]c(-c3ccc4c(c3)CCC4)n2)CCN1. The Morgan fingerprint density at radius 3 is 3.00 bits per heavy atom. The second kappa shape index (κ2) is 6.07. The van der Waals surface area contributed by atoms with E-state index in [9.17, 15) is 9.59 Å². The summed E-state index contributed by atoms with van der Waals surface area (Å²) in [6.07, 6.45) is 4.30. The molecule has 24 heavy (non-hydrogen) atoms. The van der Waals surface area contributed by atoms with E-state index in [0.29, 0.717) is 18.8 Å². The Morgan fingerprint density at radius 1 is 1.25 bits per heavy atom. The number of aromatic amines is 1. The molecule has 2 aliphatic rings. The number of rotatable bonds is 3. The van der Waals surface area contributed by atoms with Gasteiger partial charge in [-0.3, -0.25) is 20.0 Å². The minimum absolute atomic E-state index is 0.0878. The smallest absolute Gasteiger partial charge is 0.249 e. The number of carbonyl (C=O) groups is 2. The van der Waals surface area contributed by atoms with Gasteiger partial charge >= 0.3 is 0 Å². The van der Waals surface area contributed by atoms with Crippen molar-refractivity contribution in [2.75, 3.05) is 11.9 Å². The molecule has 0 radical (unpaired) electrons. The molecule has 2 amide bonds. The number of nitrogens with zero attached hydrogens (tertiary/aromatic N) is 2. The van der Waals surface area contributed by atoms with Crippen molar-refractivity contribution in [2.24, 2.45) is 5.92 Å². The first-order chi connectivity index (χ1) is 11.7. The number of piperidine rings is 1. The molecule has 1 aromatic heterocycles. The molecule has 7 heteroatoms. The van der Waals surface area contributed by atoms with Crippen LogP contribution in [0.25, 0.3) is 11.4 Å². The number of hydrogen-bond donors (Lipinski definition) is 3. The number of hydrogen-bond acceptors (Lipinski definition) is 4. The molecule has 2 aromatic rings. The third-order valence-corrected chi connectivity index (χ3v) is 4.71. The van der Waals surface area contributed by atoms with Crippen LogP contribution in [0.2, 0.25) is 0 Å². The molecule has 1 aliphatic heterocycles. The van der Waals surface area contributed by atoms with Crippen LogP contribution in [0, 0.1) is 5.92 Å².